The fraction of sp³-hybridized carbons (Fsp3) is 0.241. The highest BCUT2D eigenvalue weighted by atomic mass is 32.2. The van der Waals surface area contributed by atoms with Crippen LogP contribution in [0.15, 0.2) is 69.8 Å². The maximum Gasteiger partial charge on any atom is 0.344 e. The first-order valence-corrected chi connectivity index (χ1v) is 12.4. The van der Waals surface area contributed by atoms with Crippen molar-refractivity contribution in [3.05, 3.63) is 98.4 Å². The lowest BCUT2D eigenvalue weighted by molar-refractivity contribution is -0.138. The monoisotopic (exact) mass is 486 g/mol. The Balaban J connectivity index is 1.78. The van der Waals surface area contributed by atoms with E-state index >= 15 is 0 Å². The van der Waals surface area contributed by atoms with Crippen molar-refractivity contribution in [3.8, 4) is 5.69 Å². The molecule has 1 aliphatic rings. The van der Waals surface area contributed by atoms with Gasteiger partial charge in [-0.05, 0) is 94.6 Å². The summed E-state index contributed by atoms with van der Waals surface area (Å²) in [4.78, 5) is 17.9. The zero-order valence-corrected chi connectivity index (χ0v) is 21.8. The molecule has 0 bridgehead atoms. The number of aliphatic imine (C=N–C) groups is 1. The van der Waals surface area contributed by atoms with Crippen LogP contribution in [0.1, 0.15) is 40.6 Å². The maximum absolute atomic E-state index is 12.7. The highest BCUT2D eigenvalue weighted by Crippen LogP contribution is 2.41. The Morgan fingerprint density at radius 3 is 2.29 bits per heavy atom. The lowest BCUT2D eigenvalue weighted by Gasteiger charge is -2.12. The predicted molar refractivity (Wildman–Crippen MR) is 145 cm³/mol. The van der Waals surface area contributed by atoms with Gasteiger partial charge in [-0.3, -0.25) is 0 Å². The first-order chi connectivity index (χ1) is 16.7. The van der Waals surface area contributed by atoms with Crippen LogP contribution in [0.4, 0.5) is 5.69 Å². The molecule has 0 aliphatic carbocycles. The molecule has 180 valence electrons. The molecule has 4 rings (SSSR count). The number of carbonyl (C=O) groups is 1. The fourth-order valence-corrected chi connectivity index (χ4v) is 5.31. The summed E-state index contributed by atoms with van der Waals surface area (Å²) in [6.07, 6.45) is 1.92. The first kappa shape index (κ1) is 24.6. The van der Waals surface area contributed by atoms with Gasteiger partial charge >= 0.3 is 5.97 Å². The highest BCUT2D eigenvalue weighted by Gasteiger charge is 2.33. The molecule has 2 heterocycles. The van der Waals surface area contributed by atoms with Crippen molar-refractivity contribution in [2.75, 3.05) is 6.61 Å². The molecule has 0 radical (unpaired) electrons. The average Bonchev–Trinajstić information content (AvgIpc) is 3.24. The zero-order valence-electron chi connectivity index (χ0n) is 21.0. The number of hydrogen-bond donors (Lipinski definition) is 1. The number of aliphatic hydroxyl groups is 1. The van der Waals surface area contributed by atoms with E-state index in [0.717, 1.165) is 28.2 Å². The van der Waals surface area contributed by atoms with E-state index in [0.29, 0.717) is 15.6 Å². The lowest BCUT2D eigenvalue weighted by Crippen LogP contribution is -2.12. The summed E-state index contributed by atoms with van der Waals surface area (Å²) in [6.45, 7) is 12.3. The second kappa shape index (κ2) is 10.0. The van der Waals surface area contributed by atoms with Gasteiger partial charge < -0.3 is 14.4 Å². The third kappa shape index (κ3) is 5.13. The lowest BCUT2D eigenvalue weighted by atomic mass is 10.1. The van der Waals surface area contributed by atoms with Gasteiger partial charge in [-0.1, -0.05) is 35.5 Å². The standard InChI is InChI=1S/C29H30N2O3S/c1-7-34-29(33)26-27(32)25(35-28(26)30-23-10-8-17(2)9-11-23)16-22-15-20(5)31(21(22)6)24-13-18(3)12-19(4)14-24/h8-16,32H,7H2,1-6H3/b25-16+,30-28?. The topological polar surface area (TPSA) is 63.8 Å². The van der Waals surface area contributed by atoms with Crippen molar-refractivity contribution in [2.45, 2.75) is 41.5 Å². The SMILES string of the molecule is CCOC(=O)C1=C(O)/C(=C\c2cc(C)n(-c3cc(C)cc(C)c3)c2C)SC1=Nc1ccc(C)cc1. The summed E-state index contributed by atoms with van der Waals surface area (Å²) in [5, 5.41) is 11.5. The van der Waals surface area contributed by atoms with E-state index in [1.807, 2.05) is 37.3 Å². The number of benzene rings is 2. The van der Waals surface area contributed by atoms with E-state index < -0.39 is 5.97 Å². The van der Waals surface area contributed by atoms with Crippen molar-refractivity contribution in [3.63, 3.8) is 0 Å². The van der Waals surface area contributed by atoms with Gasteiger partial charge in [-0.2, -0.15) is 0 Å². The summed E-state index contributed by atoms with van der Waals surface area (Å²) in [6, 6.07) is 16.3. The Bertz CT molecular complexity index is 1370. The van der Waals surface area contributed by atoms with Crippen LogP contribution in [0.2, 0.25) is 0 Å². The van der Waals surface area contributed by atoms with Crippen LogP contribution < -0.4 is 0 Å². The van der Waals surface area contributed by atoms with Gasteiger partial charge in [0.05, 0.1) is 17.2 Å². The second-order valence-corrected chi connectivity index (χ2v) is 9.85. The molecular weight excluding hydrogens is 456 g/mol. The van der Waals surface area contributed by atoms with Gasteiger partial charge in [-0.15, -0.1) is 0 Å². The normalized spacial score (nSPS) is 15.9. The van der Waals surface area contributed by atoms with Crippen molar-refractivity contribution < 1.29 is 14.6 Å². The van der Waals surface area contributed by atoms with Crippen molar-refractivity contribution in [1.82, 2.24) is 4.57 Å². The van der Waals surface area contributed by atoms with Gasteiger partial charge in [0.15, 0.2) is 0 Å². The Morgan fingerprint density at radius 1 is 1.00 bits per heavy atom. The molecule has 1 aromatic heterocycles. The highest BCUT2D eigenvalue weighted by molar-refractivity contribution is 8.18. The minimum absolute atomic E-state index is 0.101. The maximum atomic E-state index is 12.7. The Kier molecular flexibility index (Phi) is 7.03. The van der Waals surface area contributed by atoms with Gasteiger partial charge in [0.1, 0.15) is 16.4 Å². The average molecular weight is 487 g/mol. The van der Waals surface area contributed by atoms with Crippen LogP contribution in [-0.4, -0.2) is 27.3 Å². The number of carbonyl (C=O) groups excluding carboxylic acids is 1. The van der Waals surface area contributed by atoms with Crippen LogP contribution in [0.5, 0.6) is 0 Å². The third-order valence-electron chi connectivity index (χ3n) is 5.86. The van der Waals surface area contributed by atoms with E-state index in [2.05, 4.69) is 61.5 Å². The van der Waals surface area contributed by atoms with E-state index in [-0.39, 0.29) is 17.9 Å². The Labute approximate surface area is 210 Å². The fourth-order valence-electron chi connectivity index (χ4n) is 4.28. The molecule has 1 aliphatic heterocycles. The molecule has 0 spiro atoms. The molecule has 0 atom stereocenters. The molecule has 0 unspecified atom stereocenters. The summed E-state index contributed by atoms with van der Waals surface area (Å²) >= 11 is 1.28. The van der Waals surface area contributed by atoms with Gasteiger partial charge in [0.25, 0.3) is 0 Å². The number of aliphatic hydroxyl groups excluding tert-OH is 1. The molecule has 3 aromatic rings. The third-order valence-corrected chi connectivity index (χ3v) is 6.88. The van der Waals surface area contributed by atoms with Crippen LogP contribution in [0.25, 0.3) is 11.8 Å². The molecule has 2 aromatic carbocycles. The smallest absolute Gasteiger partial charge is 0.344 e. The number of hydrogen-bond acceptors (Lipinski definition) is 5. The van der Waals surface area contributed by atoms with Crippen LogP contribution in [0.3, 0.4) is 0 Å². The number of aryl methyl sites for hydroxylation is 4. The zero-order chi connectivity index (χ0) is 25.3. The van der Waals surface area contributed by atoms with E-state index in [1.54, 1.807) is 6.92 Å². The molecule has 0 saturated heterocycles. The quantitative estimate of drug-likeness (QED) is 0.387. The molecule has 0 amide bonds. The number of esters is 1. The van der Waals surface area contributed by atoms with E-state index in [4.69, 9.17) is 4.74 Å². The summed E-state index contributed by atoms with van der Waals surface area (Å²) in [5.74, 6) is -0.678. The van der Waals surface area contributed by atoms with Crippen molar-refractivity contribution >= 4 is 34.5 Å². The van der Waals surface area contributed by atoms with Crippen LogP contribution in [0, 0.1) is 34.6 Å². The van der Waals surface area contributed by atoms with Crippen molar-refractivity contribution in [1.29, 1.82) is 0 Å². The Hall–Kier alpha value is -3.51. The largest absolute Gasteiger partial charge is 0.506 e. The van der Waals surface area contributed by atoms with Gasteiger partial charge in [-0.25, -0.2) is 9.79 Å². The molecule has 0 fully saturated rings. The van der Waals surface area contributed by atoms with Crippen LogP contribution in [-0.2, 0) is 9.53 Å². The minimum Gasteiger partial charge on any atom is -0.506 e. The molecule has 35 heavy (non-hydrogen) atoms. The molecule has 5 nitrogen and oxygen atoms in total. The summed E-state index contributed by atoms with van der Waals surface area (Å²) < 4.78 is 7.44. The number of thioether (sulfide) groups is 1. The number of nitrogens with zero attached hydrogens (tertiary/aromatic N) is 2. The Morgan fingerprint density at radius 2 is 1.66 bits per heavy atom. The van der Waals surface area contributed by atoms with Gasteiger partial charge in [0, 0.05) is 17.1 Å². The molecule has 0 saturated carbocycles. The van der Waals surface area contributed by atoms with Crippen molar-refractivity contribution in [2.24, 2.45) is 4.99 Å². The van der Waals surface area contributed by atoms with Crippen LogP contribution >= 0.6 is 11.8 Å². The summed E-state index contributed by atoms with van der Waals surface area (Å²) in [5.41, 5.74) is 8.56. The number of ether oxygens (including phenoxy) is 1. The molecule has 6 heteroatoms. The van der Waals surface area contributed by atoms with E-state index in [1.165, 1.54) is 22.9 Å². The molecule has 1 N–H and O–H groups in total. The first-order valence-electron chi connectivity index (χ1n) is 11.6. The summed E-state index contributed by atoms with van der Waals surface area (Å²) in [7, 11) is 0. The van der Waals surface area contributed by atoms with E-state index in [9.17, 15) is 9.90 Å². The second-order valence-electron chi connectivity index (χ2n) is 8.82. The number of rotatable bonds is 5. The minimum atomic E-state index is -0.576. The predicted octanol–water partition coefficient (Wildman–Crippen LogP) is 7.21. The molecular formula is C29H30N2O3S. The van der Waals surface area contributed by atoms with Gasteiger partial charge in [0.2, 0.25) is 0 Å². The number of aromatic nitrogens is 1.